The number of nitrogens with two attached hydrogens (primary N) is 1. The molecule has 0 unspecified atom stereocenters. The second kappa shape index (κ2) is 5.26. The number of rotatable bonds is 5. The van der Waals surface area contributed by atoms with Crippen LogP contribution < -0.4 is 10.5 Å². The molecule has 0 saturated heterocycles. The van der Waals surface area contributed by atoms with Gasteiger partial charge in [-0.25, -0.2) is 0 Å². The summed E-state index contributed by atoms with van der Waals surface area (Å²) in [5, 5.41) is 10.3. The van der Waals surface area contributed by atoms with E-state index in [9.17, 15) is 14.5 Å². The first kappa shape index (κ1) is 11.4. The molecule has 0 aliphatic heterocycles. The summed E-state index contributed by atoms with van der Waals surface area (Å²) in [5.41, 5.74) is 4.69. The first-order valence-electron chi connectivity index (χ1n) is 4.42. The lowest BCUT2D eigenvalue weighted by Gasteiger charge is -2.04. The SMILES string of the molecule is NCCCOc1ccc([N+](=O)[O-])c(F)c1. The van der Waals surface area contributed by atoms with Crippen LogP contribution in [0.2, 0.25) is 0 Å². The molecule has 2 N–H and O–H groups in total. The highest BCUT2D eigenvalue weighted by atomic mass is 19.1. The summed E-state index contributed by atoms with van der Waals surface area (Å²) in [5.74, 6) is -0.628. The van der Waals surface area contributed by atoms with Crippen LogP contribution in [0, 0.1) is 15.9 Å². The average Bonchev–Trinajstić information content (AvgIpc) is 2.17. The molecule has 0 aliphatic rings. The van der Waals surface area contributed by atoms with Crippen LogP contribution in [0.15, 0.2) is 18.2 Å². The molecule has 0 saturated carbocycles. The molecule has 0 fully saturated rings. The molecule has 0 amide bonds. The van der Waals surface area contributed by atoms with Crippen LogP contribution in [0.1, 0.15) is 6.42 Å². The number of hydrogen-bond acceptors (Lipinski definition) is 4. The van der Waals surface area contributed by atoms with Crippen LogP contribution in [-0.2, 0) is 0 Å². The maximum absolute atomic E-state index is 13.1. The number of halogens is 1. The zero-order valence-electron chi connectivity index (χ0n) is 7.98. The van der Waals surface area contributed by atoms with E-state index in [2.05, 4.69) is 0 Å². The van der Waals surface area contributed by atoms with Gasteiger partial charge in [-0.3, -0.25) is 10.1 Å². The fraction of sp³-hybridized carbons (Fsp3) is 0.333. The number of hydrogen-bond donors (Lipinski definition) is 1. The van der Waals surface area contributed by atoms with Crippen molar-refractivity contribution >= 4 is 5.69 Å². The van der Waals surface area contributed by atoms with Gasteiger partial charge in [-0.05, 0) is 19.0 Å². The molecule has 0 radical (unpaired) electrons. The molecule has 0 aromatic heterocycles. The summed E-state index contributed by atoms with van der Waals surface area (Å²) < 4.78 is 18.2. The Labute approximate surface area is 85.8 Å². The van der Waals surface area contributed by atoms with Crippen LogP contribution in [0.25, 0.3) is 0 Å². The molecule has 1 rings (SSSR count). The standard InChI is InChI=1S/C9H11FN2O3/c10-8-6-7(15-5-1-4-11)2-3-9(8)12(13)14/h2-3,6H,1,4-5,11H2. The molecule has 6 heteroatoms. The second-order valence-electron chi connectivity index (χ2n) is 2.86. The molecule has 1 aromatic rings. The molecule has 5 nitrogen and oxygen atoms in total. The van der Waals surface area contributed by atoms with Crippen LogP contribution in [-0.4, -0.2) is 18.1 Å². The Morgan fingerprint density at radius 1 is 1.53 bits per heavy atom. The van der Waals surface area contributed by atoms with Gasteiger partial charge in [0, 0.05) is 12.1 Å². The monoisotopic (exact) mass is 214 g/mol. The normalized spacial score (nSPS) is 10.0. The Morgan fingerprint density at radius 3 is 2.80 bits per heavy atom. The Balaban J connectivity index is 2.69. The molecule has 0 aliphatic carbocycles. The van der Waals surface area contributed by atoms with E-state index in [1.807, 2.05) is 0 Å². The predicted octanol–water partition coefficient (Wildman–Crippen LogP) is 1.46. The van der Waals surface area contributed by atoms with Crippen molar-refractivity contribution in [1.29, 1.82) is 0 Å². The number of nitro benzene ring substituents is 1. The van der Waals surface area contributed by atoms with Crippen molar-refractivity contribution in [3.8, 4) is 5.75 Å². The van der Waals surface area contributed by atoms with Crippen molar-refractivity contribution in [3.05, 3.63) is 34.1 Å². The van der Waals surface area contributed by atoms with Gasteiger partial charge >= 0.3 is 5.69 Å². The van der Waals surface area contributed by atoms with Gasteiger partial charge in [-0.15, -0.1) is 0 Å². The topological polar surface area (TPSA) is 78.4 Å². The van der Waals surface area contributed by atoms with Gasteiger partial charge in [0.25, 0.3) is 0 Å². The summed E-state index contributed by atoms with van der Waals surface area (Å²) >= 11 is 0. The van der Waals surface area contributed by atoms with Crippen molar-refractivity contribution in [2.45, 2.75) is 6.42 Å². The number of benzene rings is 1. The van der Waals surface area contributed by atoms with E-state index in [1.165, 1.54) is 6.07 Å². The Bertz CT molecular complexity index is 357. The average molecular weight is 214 g/mol. The first-order valence-corrected chi connectivity index (χ1v) is 4.42. The van der Waals surface area contributed by atoms with E-state index >= 15 is 0 Å². The molecule has 82 valence electrons. The second-order valence-corrected chi connectivity index (χ2v) is 2.86. The maximum atomic E-state index is 13.1. The van der Waals surface area contributed by atoms with E-state index in [1.54, 1.807) is 0 Å². The smallest absolute Gasteiger partial charge is 0.305 e. The van der Waals surface area contributed by atoms with Gasteiger partial charge in [0.2, 0.25) is 5.82 Å². The van der Waals surface area contributed by atoms with Crippen LogP contribution in [0.4, 0.5) is 10.1 Å². The van der Waals surface area contributed by atoms with Crippen molar-refractivity contribution in [1.82, 2.24) is 0 Å². The van der Waals surface area contributed by atoms with Crippen molar-refractivity contribution < 1.29 is 14.1 Å². The van der Waals surface area contributed by atoms with Crippen molar-refractivity contribution in [2.24, 2.45) is 5.73 Å². The maximum Gasteiger partial charge on any atom is 0.305 e. The lowest BCUT2D eigenvalue weighted by Crippen LogP contribution is -2.06. The Kier molecular flexibility index (Phi) is 3.99. The minimum atomic E-state index is -0.898. The van der Waals surface area contributed by atoms with Crippen molar-refractivity contribution in [3.63, 3.8) is 0 Å². The van der Waals surface area contributed by atoms with E-state index in [-0.39, 0.29) is 5.75 Å². The predicted molar refractivity (Wildman–Crippen MR) is 52.2 cm³/mol. The Hall–Kier alpha value is -1.69. The summed E-state index contributed by atoms with van der Waals surface area (Å²) in [4.78, 5) is 9.52. The van der Waals surface area contributed by atoms with Crippen LogP contribution >= 0.6 is 0 Å². The highest BCUT2D eigenvalue weighted by Crippen LogP contribution is 2.22. The zero-order chi connectivity index (χ0) is 11.3. The first-order chi connectivity index (χ1) is 7.15. The zero-order valence-corrected chi connectivity index (χ0v) is 7.98. The third-order valence-corrected chi connectivity index (χ3v) is 1.73. The van der Waals surface area contributed by atoms with E-state index in [0.29, 0.717) is 19.6 Å². The highest BCUT2D eigenvalue weighted by molar-refractivity contribution is 5.37. The highest BCUT2D eigenvalue weighted by Gasteiger charge is 2.13. The van der Waals surface area contributed by atoms with Gasteiger partial charge < -0.3 is 10.5 Å². The lowest BCUT2D eigenvalue weighted by atomic mass is 10.3. The summed E-state index contributed by atoms with van der Waals surface area (Å²) in [6.07, 6.45) is 0.651. The lowest BCUT2D eigenvalue weighted by molar-refractivity contribution is -0.387. The molecule has 0 atom stereocenters. The molecule has 0 bridgehead atoms. The largest absolute Gasteiger partial charge is 0.493 e. The molecule has 0 heterocycles. The molecule has 0 spiro atoms. The minimum absolute atomic E-state index is 0.270. The van der Waals surface area contributed by atoms with Crippen LogP contribution in [0.5, 0.6) is 5.75 Å². The number of ether oxygens (including phenoxy) is 1. The Morgan fingerprint density at radius 2 is 2.27 bits per heavy atom. The molecular formula is C9H11FN2O3. The molecular weight excluding hydrogens is 203 g/mol. The van der Waals surface area contributed by atoms with Gasteiger partial charge in [0.1, 0.15) is 5.75 Å². The van der Waals surface area contributed by atoms with E-state index in [4.69, 9.17) is 10.5 Å². The van der Waals surface area contributed by atoms with Crippen molar-refractivity contribution in [2.75, 3.05) is 13.2 Å². The van der Waals surface area contributed by atoms with Crippen LogP contribution in [0.3, 0.4) is 0 Å². The number of nitro groups is 1. The fourth-order valence-electron chi connectivity index (χ4n) is 0.999. The molecule has 1 aromatic carbocycles. The summed E-state index contributed by atoms with van der Waals surface area (Å²) in [7, 11) is 0. The molecule has 15 heavy (non-hydrogen) atoms. The van der Waals surface area contributed by atoms with Gasteiger partial charge in [0.15, 0.2) is 0 Å². The van der Waals surface area contributed by atoms with Gasteiger partial charge in [0.05, 0.1) is 11.5 Å². The summed E-state index contributed by atoms with van der Waals surface area (Å²) in [6.45, 7) is 0.850. The van der Waals surface area contributed by atoms with Gasteiger partial charge in [-0.2, -0.15) is 4.39 Å². The van der Waals surface area contributed by atoms with Gasteiger partial charge in [-0.1, -0.05) is 0 Å². The summed E-state index contributed by atoms with van der Waals surface area (Å²) in [6, 6.07) is 3.43. The fourth-order valence-corrected chi connectivity index (χ4v) is 0.999. The van der Waals surface area contributed by atoms with E-state index < -0.39 is 16.4 Å². The third kappa shape index (κ3) is 3.17. The third-order valence-electron chi connectivity index (χ3n) is 1.73. The van der Waals surface area contributed by atoms with E-state index in [0.717, 1.165) is 12.1 Å². The quantitative estimate of drug-likeness (QED) is 0.457. The number of nitrogens with zero attached hydrogens (tertiary/aromatic N) is 1. The minimum Gasteiger partial charge on any atom is -0.493 e.